The number of rotatable bonds is 5. The monoisotopic (exact) mass is 264 g/mol. The molecule has 0 spiro atoms. The van der Waals surface area contributed by atoms with Crippen LogP contribution in [0.2, 0.25) is 0 Å². The lowest BCUT2D eigenvalue weighted by Crippen LogP contribution is -2.30. The molecule has 1 aromatic heterocycles. The average Bonchev–Trinajstić information content (AvgIpc) is 2.75. The molecule has 1 heterocycles. The van der Waals surface area contributed by atoms with Crippen molar-refractivity contribution < 1.29 is 4.79 Å². The Labute approximate surface area is 109 Å². The van der Waals surface area contributed by atoms with Gasteiger partial charge in [0, 0.05) is 12.2 Å². The van der Waals surface area contributed by atoms with E-state index < -0.39 is 0 Å². The van der Waals surface area contributed by atoms with E-state index in [1.165, 1.54) is 11.3 Å². The number of hydrogen-bond donors (Lipinski definition) is 3. The molecule has 0 saturated heterocycles. The minimum absolute atomic E-state index is 0.0179. The zero-order valence-electron chi connectivity index (χ0n) is 10.2. The maximum absolute atomic E-state index is 11.4. The van der Waals surface area contributed by atoms with Gasteiger partial charge in [-0.2, -0.15) is 0 Å². The lowest BCUT2D eigenvalue weighted by Gasteiger charge is -2.03. The molecule has 4 N–H and O–H groups in total. The molecule has 1 amide bonds. The minimum atomic E-state index is -0.0179. The highest BCUT2D eigenvalue weighted by atomic mass is 32.1. The predicted molar refractivity (Wildman–Crippen MR) is 75.8 cm³/mol. The summed E-state index contributed by atoms with van der Waals surface area (Å²) in [5.74, 6) is -0.0179. The Balaban J connectivity index is 1.97. The molecular weight excluding hydrogens is 248 g/mol. The van der Waals surface area contributed by atoms with Crippen LogP contribution < -0.4 is 16.4 Å². The zero-order valence-corrected chi connectivity index (χ0v) is 11.0. The van der Waals surface area contributed by atoms with E-state index in [-0.39, 0.29) is 12.5 Å². The number of amides is 1. The summed E-state index contributed by atoms with van der Waals surface area (Å²) in [6, 6.07) is 5.58. The van der Waals surface area contributed by atoms with Gasteiger partial charge in [-0.3, -0.25) is 4.79 Å². The van der Waals surface area contributed by atoms with Gasteiger partial charge in [0.15, 0.2) is 5.13 Å². The molecular formula is C12H16N4OS. The van der Waals surface area contributed by atoms with Crippen LogP contribution in [-0.4, -0.2) is 24.0 Å². The Kier molecular flexibility index (Phi) is 3.99. The molecule has 0 radical (unpaired) electrons. The number of anilines is 2. The second kappa shape index (κ2) is 5.68. The first kappa shape index (κ1) is 12.6. The Bertz CT molecular complexity index is 552. The molecule has 6 heteroatoms. The highest BCUT2D eigenvalue weighted by Gasteiger charge is 2.05. The number of aromatic nitrogens is 1. The van der Waals surface area contributed by atoms with Gasteiger partial charge >= 0.3 is 0 Å². The molecule has 0 aliphatic rings. The second-order valence-corrected chi connectivity index (χ2v) is 4.98. The van der Waals surface area contributed by atoms with Crippen molar-refractivity contribution in [2.24, 2.45) is 0 Å². The summed E-state index contributed by atoms with van der Waals surface area (Å²) < 4.78 is 1.02. The Morgan fingerprint density at radius 3 is 3.11 bits per heavy atom. The van der Waals surface area contributed by atoms with Crippen LogP contribution in [-0.2, 0) is 4.79 Å². The third-order valence-corrected chi connectivity index (χ3v) is 3.36. The third-order valence-electron chi connectivity index (χ3n) is 2.38. The maximum Gasteiger partial charge on any atom is 0.239 e. The normalized spacial score (nSPS) is 10.5. The molecule has 0 unspecified atom stereocenters. The Morgan fingerprint density at radius 2 is 2.33 bits per heavy atom. The lowest BCUT2D eigenvalue weighted by atomic mass is 10.3. The van der Waals surface area contributed by atoms with Crippen LogP contribution in [0.5, 0.6) is 0 Å². The number of nitrogens with one attached hydrogen (secondary N) is 2. The van der Waals surface area contributed by atoms with Gasteiger partial charge in [0.25, 0.3) is 0 Å². The summed E-state index contributed by atoms with van der Waals surface area (Å²) >= 11 is 1.50. The number of nitrogens with zero attached hydrogens (tertiary/aromatic N) is 1. The van der Waals surface area contributed by atoms with Crippen molar-refractivity contribution in [1.29, 1.82) is 0 Å². The lowest BCUT2D eigenvalue weighted by molar-refractivity contribution is -0.119. The van der Waals surface area contributed by atoms with Crippen molar-refractivity contribution >= 4 is 38.3 Å². The standard InChI is InChI=1S/C12H16N4OS/c1-2-5-14-11(17)7-15-12-16-9-4-3-8(13)6-10(9)18-12/h3-4,6H,2,5,7,13H2,1H3,(H,14,17)(H,15,16). The van der Waals surface area contributed by atoms with Gasteiger partial charge in [-0.1, -0.05) is 18.3 Å². The Hall–Kier alpha value is -1.82. The first-order chi connectivity index (χ1) is 8.69. The third kappa shape index (κ3) is 3.10. The maximum atomic E-state index is 11.4. The van der Waals surface area contributed by atoms with Gasteiger partial charge in [-0.15, -0.1) is 0 Å². The minimum Gasteiger partial charge on any atom is -0.399 e. The number of fused-ring (bicyclic) bond motifs is 1. The van der Waals surface area contributed by atoms with Crippen molar-refractivity contribution in [3.05, 3.63) is 18.2 Å². The smallest absolute Gasteiger partial charge is 0.239 e. The molecule has 2 aromatic rings. The van der Waals surface area contributed by atoms with Gasteiger partial charge in [0.2, 0.25) is 5.91 Å². The van der Waals surface area contributed by atoms with Gasteiger partial charge in [-0.05, 0) is 24.6 Å². The topological polar surface area (TPSA) is 80.0 Å². The van der Waals surface area contributed by atoms with Crippen LogP contribution in [0.15, 0.2) is 18.2 Å². The van der Waals surface area contributed by atoms with E-state index in [9.17, 15) is 4.79 Å². The first-order valence-corrected chi connectivity index (χ1v) is 6.67. The number of thiazole rings is 1. The van der Waals surface area contributed by atoms with E-state index in [2.05, 4.69) is 15.6 Å². The van der Waals surface area contributed by atoms with Crippen molar-refractivity contribution in [3.8, 4) is 0 Å². The molecule has 0 saturated carbocycles. The molecule has 5 nitrogen and oxygen atoms in total. The molecule has 0 fully saturated rings. The van der Waals surface area contributed by atoms with Gasteiger partial charge in [0.05, 0.1) is 16.8 Å². The molecule has 96 valence electrons. The molecule has 2 rings (SSSR count). The van der Waals surface area contributed by atoms with E-state index in [0.717, 1.165) is 27.5 Å². The van der Waals surface area contributed by atoms with E-state index in [1.807, 2.05) is 25.1 Å². The molecule has 0 atom stereocenters. The van der Waals surface area contributed by atoms with Crippen LogP contribution in [0.25, 0.3) is 10.2 Å². The van der Waals surface area contributed by atoms with Crippen molar-refractivity contribution in [1.82, 2.24) is 10.3 Å². The number of benzene rings is 1. The number of carbonyl (C=O) groups is 1. The molecule has 0 aliphatic carbocycles. The number of hydrogen-bond acceptors (Lipinski definition) is 5. The van der Waals surface area contributed by atoms with E-state index in [4.69, 9.17) is 5.73 Å². The Morgan fingerprint density at radius 1 is 1.50 bits per heavy atom. The fourth-order valence-corrected chi connectivity index (χ4v) is 2.41. The van der Waals surface area contributed by atoms with Crippen LogP contribution in [0.1, 0.15) is 13.3 Å². The zero-order chi connectivity index (χ0) is 13.0. The molecule has 18 heavy (non-hydrogen) atoms. The largest absolute Gasteiger partial charge is 0.399 e. The summed E-state index contributed by atoms with van der Waals surface area (Å²) in [5.41, 5.74) is 7.32. The number of nitrogen functional groups attached to an aromatic ring is 1. The van der Waals surface area contributed by atoms with Crippen LogP contribution in [0.3, 0.4) is 0 Å². The summed E-state index contributed by atoms with van der Waals surface area (Å²) in [5, 5.41) is 6.56. The highest BCUT2D eigenvalue weighted by Crippen LogP contribution is 2.27. The molecule has 0 aliphatic heterocycles. The number of carbonyl (C=O) groups excluding carboxylic acids is 1. The SMILES string of the molecule is CCCNC(=O)CNc1nc2ccc(N)cc2s1. The van der Waals surface area contributed by atoms with Gasteiger partial charge < -0.3 is 16.4 Å². The van der Waals surface area contributed by atoms with Gasteiger partial charge in [0.1, 0.15) is 0 Å². The fourth-order valence-electron chi connectivity index (χ4n) is 1.50. The van der Waals surface area contributed by atoms with E-state index >= 15 is 0 Å². The summed E-state index contributed by atoms with van der Waals surface area (Å²) in [7, 11) is 0. The second-order valence-electron chi connectivity index (χ2n) is 3.95. The van der Waals surface area contributed by atoms with Crippen LogP contribution in [0, 0.1) is 0 Å². The van der Waals surface area contributed by atoms with Crippen molar-refractivity contribution in [3.63, 3.8) is 0 Å². The molecule has 0 bridgehead atoms. The molecule has 1 aromatic carbocycles. The van der Waals surface area contributed by atoms with Crippen molar-refractivity contribution in [2.45, 2.75) is 13.3 Å². The summed E-state index contributed by atoms with van der Waals surface area (Å²) in [4.78, 5) is 15.8. The fraction of sp³-hybridized carbons (Fsp3) is 0.333. The van der Waals surface area contributed by atoms with E-state index in [0.29, 0.717) is 6.54 Å². The predicted octanol–water partition coefficient (Wildman–Crippen LogP) is 1.82. The highest BCUT2D eigenvalue weighted by molar-refractivity contribution is 7.22. The van der Waals surface area contributed by atoms with Crippen molar-refractivity contribution in [2.75, 3.05) is 24.1 Å². The van der Waals surface area contributed by atoms with Crippen LogP contribution >= 0.6 is 11.3 Å². The quantitative estimate of drug-likeness (QED) is 0.720. The summed E-state index contributed by atoms with van der Waals surface area (Å²) in [6.07, 6.45) is 0.937. The van der Waals surface area contributed by atoms with E-state index in [1.54, 1.807) is 0 Å². The van der Waals surface area contributed by atoms with Gasteiger partial charge in [-0.25, -0.2) is 4.98 Å². The number of nitrogens with two attached hydrogens (primary N) is 1. The first-order valence-electron chi connectivity index (χ1n) is 5.85. The summed E-state index contributed by atoms with van der Waals surface area (Å²) in [6.45, 7) is 2.97. The average molecular weight is 264 g/mol. The van der Waals surface area contributed by atoms with Crippen LogP contribution in [0.4, 0.5) is 10.8 Å².